The second kappa shape index (κ2) is 6.29. The molecular weight excluding hydrogens is 312 g/mol. The van der Waals surface area contributed by atoms with Crippen LogP contribution in [0, 0.1) is 19.8 Å². The number of aromatic nitrogens is 3. The smallest absolute Gasteiger partial charge is 0.254 e. The number of anilines is 1. The van der Waals surface area contributed by atoms with E-state index in [0.717, 1.165) is 36.2 Å². The quantitative estimate of drug-likeness (QED) is 0.769. The molecule has 2 aromatic rings. The molecule has 0 aromatic carbocycles. The number of carbonyl (C=O) groups is 1. The number of nitrogens with two attached hydrogens (primary N) is 1. The number of nitrogens with one attached hydrogen (secondary N) is 2. The van der Waals surface area contributed by atoms with Gasteiger partial charge in [0.05, 0.1) is 16.9 Å². The highest BCUT2D eigenvalue weighted by Crippen LogP contribution is 2.25. The van der Waals surface area contributed by atoms with Gasteiger partial charge in [-0.1, -0.05) is 0 Å². The molecule has 4 N–H and O–H groups in total. The maximum Gasteiger partial charge on any atom is 0.254 e. The van der Waals surface area contributed by atoms with E-state index in [1.165, 1.54) is 11.1 Å². The molecule has 23 heavy (non-hydrogen) atoms. The first-order valence-corrected chi connectivity index (χ1v) is 8.54. The van der Waals surface area contributed by atoms with Crippen molar-refractivity contribution in [3.63, 3.8) is 0 Å². The highest BCUT2D eigenvalue weighted by Gasteiger charge is 2.24. The van der Waals surface area contributed by atoms with Crippen LogP contribution in [0.25, 0.3) is 0 Å². The third kappa shape index (κ3) is 3.23. The van der Waals surface area contributed by atoms with E-state index in [0.29, 0.717) is 11.5 Å². The second-order valence-electron chi connectivity index (χ2n) is 6.01. The van der Waals surface area contributed by atoms with Gasteiger partial charge in [-0.2, -0.15) is 5.10 Å². The summed E-state index contributed by atoms with van der Waals surface area (Å²) in [7, 11) is 0. The van der Waals surface area contributed by atoms with E-state index in [9.17, 15) is 4.79 Å². The number of hydrogen-bond acceptors (Lipinski definition) is 6. The minimum Gasteiger partial charge on any atom is -0.369 e. The third-order valence-electron chi connectivity index (χ3n) is 4.14. The van der Waals surface area contributed by atoms with Gasteiger partial charge in [0.1, 0.15) is 11.4 Å². The number of primary amides is 1. The van der Waals surface area contributed by atoms with Gasteiger partial charge in [0.2, 0.25) is 0 Å². The first-order valence-electron chi connectivity index (χ1n) is 7.72. The molecule has 1 aliphatic rings. The molecule has 2 atom stereocenters. The lowest BCUT2D eigenvalue weighted by Gasteiger charge is -2.27. The molecule has 0 radical (unpaired) electrons. The van der Waals surface area contributed by atoms with Crippen LogP contribution < -0.4 is 16.4 Å². The lowest BCUT2D eigenvalue weighted by Crippen LogP contribution is -2.36. The van der Waals surface area contributed by atoms with Gasteiger partial charge in [0, 0.05) is 36.5 Å². The summed E-state index contributed by atoms with van der Waals surface area (Å²) in [4.78, 5) is 17.1. The Kier molecular flexibility index (Phi) is 4.36. The van der Waals surface area contributed by atoms with Crippen LogP contribution >= 0.6 is 11.3 Å². The number of hydrogen-bond donors (Lipinski definition) is 3. The van der Waals surface area contributed by atoms with Crippen molar-refractivity contribution in [2.75, 3.05) is 18.4 Å². The van der Waals surface area contributed by atoms with Crippen molar-refractivity contribution >= 4 is 23.1 Å². The van der Waals surface area contributed by atoms with Gasteiger partial charge in [-0.25, -0.2) is 9.67 Å². The molecule has 7 nitrogen and oxygen atoms in total. The normalized spacial score (nSPS) is 18.3. The van der Waals surface area contributed by atoms with Crippen molar-refractivity contribution in [3.8, 4) is 0 Å². The molecule has 0 bridgehead atoms. The highest BCUT2D eigenvalue weighted by atomic mass is 32.1. The SMILES string of the molecule is Cc1nc(C)c([C@H](C)NC[C@H]2CNc3c(C(N)=O)cnn3C2)s1. The summed E-state index contributed by atoms with van der Waals surface area (Å²) in [5.74, 6) is 0.690. The molecular formula is C15H22N6OS. The molecule has 0 aliphatic carbocycles. The highest BCUT2D eigenvalue weighted by molar-refractivity contribution is 7.11. The average molecular weight is 334 g/mol. The molecule has 2 aromatic heterocycles. The maximum atomic E-state index is 11.3. The average Bonchev–Trinajstić information content (AvgIpc) is 3.07. The number of rotatable bonds is 5. The summed E-state index contributed by atoms with van der Waals surface area (Å²) in [6, 6.07) is 0.279. The van der Waals surface area contributed by atoms with Gasteiger partial charge >= 0.3 is 0 Å². The third-order valence-corrected chi connectivity index (χ3v) is 5.40. The van der Waals surface area contributed by atoms with E-state index in [2.05, 4.69) is 34.6 Å². The summed E-state index contributed by atoms with van der Waals surface area (Å²) in [6.45, 7) is 8.70. The standard InChI is InChI=1S/C15H22N6OS/c1-8(13-9(2)20-10(3)23-13)17-4-11-5-18-15-12(14(16)22)6-19-21(15)7-11/h6,8,11,17-18H,4-5,7H2,1-3H3,(H2,16,22)/t8-,11-/m0/s1. The fourth-order valence-corrected chi connectivity index (χ4v) is 3.92. The molecule has 0 saturated heterocycles. The first-order chi connectivity index (χ1) is 11.0. The molecule has 1 amide bonds. The topological polar surface area (TPSA) is 97.9 Å². The van der Waals surface area contributed by atoms with Gasteiger partial charge in [-0.15, -0.1) is 11.3 Å². The lowest BCUT2D eigenvalue weighted by molar-refractivity contribution is 0.100. The van der Waals surface area contributed by atoms with E-state index in [1.54, 1.807) is 11.3 Å². The molecule has 1 aliphatic heterocycles. The fraction of sp³-hybridized carbons (Fsp3) is 0.533. The van der Waals surface area contributed by atoms with Gasteiger partial charge in [0.25, 0.3) is 5.91 Å². The molecule has 124 valence electrons. The van der Waals surface area contributed by atoms with Crippen LogP contribution in [0.3, 0.4) is 0 Å². The Labute approximate surface area is 139 Å². The Morgan fingerprint density at radius 1 is 1.61 bits per heavy atom. The van der Waals surface area contributed by atoms with Crippen LogP contribution in [0.15, 0.2) is 6.20 Å². The minimum atomic E-state index is -0.444. The van der Waals surface area contributed by atoms with E-state index in [-0.39, 0.29) is 6.04 Å². The molecule has 0 spiro atoms. The number of thiazole rings is 1. The number of fused-ring (bicyclic) bond motifs is 1. The number of carbonyl (C=O) groups excluding carboxylic acids is 1. The monoisotopic (exact) mass is 334 g/mol. The first kappa shape index (κ1) is 15.9. The van der Waals surface area contributed by atoms with E-state index in [4.69, 9.17) is 5.73 Å². The zero-order chi connectivity index (χ0) is 16.6. The Morgan fingerprint density at radius 2 is 2.39 bits per heavy atom. The lowest BCUT2D eigenvalue weighted by atomic mass is 10.1. The van der Waals surface area contributed by atoms with Crippen molar-refractivity contribution < 1.29 is 4.79 Å². The van der Waals surface area contributed by atoms with Crippen LogP contribution in [-0.4, -0.2) is 33.8 Å². The number of amides is 1. The van der Waals surface area contributed by atoms with E-state index >= 15 is 0 Å². The summed E-state index contributed by atoms with van der Waals surface area (Å²) < 4.78 is 1.82. The van der Waals surface area contributed by atoms with Crippen LogP contribution in [-0.2, 0) is 6.54 Å². The molecule has 0 unspecified atom stereocenters. The summed E-state index contributed by atoms with van der Waals surface area (Å²) in [5.41, 5.74) is 6.91. The van der Waals surface area contributed by atoms with Crippen molar-refractivity contribution in [1.29, 1.82) is 0 Å². The summed E-state index contributed by atoms with van der Waals surface area (Å²) in [5, 5.41) is 12.2. The summed E-state index contributed by atoms with van der Waals surface area (Å²) in [6.07, 6.45) is 1.53. The molecule has 3 rings (SSSR count). The summed E-state index contributed by atoms with van der Waals surface area (Å²) >= 11 is 1.75. The van der Waals surface area contributed by atoms with Crippen molar-refractivity contribution in [2.45, 2.75) is 33.4 Å². The van der Waals surface area contributed by atoms with Crippen molar-refractivity contribution in [3.05, 3.63) is 27.3 Å². The van der Waals surface area contributed by atoms with E-state index < -0.39 is 5.91 Å². The van der Waals surface area contributed by atoms with Crippen LogP contribution in [0.2, 0.25) is 0 Å². The Balaban J connectivity index is 1.60. The zero-order valence-corrected chi connectivity index (χ0v) is 14.4. The second-order valence-corrected chi connectivity index (χ2v) is 7.25. The van der Waals surface area contributed by atoms with Gasteiger partial charge in [0.15, 0.2) is 0 Å². The van der Waals surface area contributed by atoms with Crippen LogP contribution in [0.4, 0.5) is 5.82 Å². The van der Waals surface area contributed by atoms with Crippen molar-refractivity contribution in [1.82, 2.24) is 20.1 Å². The Bertz CT molecular complexity index is 722. The molecule has 0 fully saturated rings. The van der Waals surface area contributed by atoms with Crippen LogP contribution in [0.1, 0.15) is 38.9 Å². The predicted molar refractivity (Wildman–Crippen MR) is 90.7 cm³/mol. The van der Waals surface area contributed by atoms with Gasteiger partial charge in [-0.3, -0.25) is 4.79 Å². The minimum absolute atomic E-state index is 0.279. The fourth-order valence-electron chi connectivity index (χ4n) is 2.96. The molecule has 3 heterocycles. The molecule has 0 saturated carbocycles. The van der Waals surface area contributed by atoms with Gasteiger partial charge in [-0.05, 0) is 20.8 Å². The zero-order valence-electron chi connectivity index (χ0n) is 13.6. The maximum absolute atomic E-state index is 11.3. The molecule has 8 heteroatoms. The number of nitrogens with zero attached hydrogens (tertiary/aromatic N) is 3. The van der Waals surface area contributed by atoms with Crippen molar-refractivity contribution in [2.24, 2.45) is 11.7 Å². The van der Waals surface area contributed by atoms with Crippen LogP contribution in [0.5, 0.6) is 0 Å². The Hall–Kier alpha value is -1.93. The Morgan fingerprint density at radius 3 is 3.04 bits per heavy atom. The van der Waals surface area contributed by atoms with Gasteiger partial charge < -0.3 is 16.4 Å². The predicted octanol–water partition coefficient (Wildman–Crippen LogP) is 1.45. The number of aryl methyl sites for hydroxylation is 2. The van der Waals surface area contributed by atoms with E-state index in [1.807, 2.05) is 11.6 Å². The largest absolute Gasteiger partial charge is 0.369 e.